The van der Waals surface area contributed by atoms with E-state index in [2.05, 4.69) is 15.3 Å². The molecule has 1 aromatic heterocycles. The van der Waals surface area contributed by atoms with Gasteiger partial charge < -0.3 is 15.2 Å². The highest BCUT2D eigenvalue weighted by Gasteiger charge is 2.42. The van der Waals surface area contributed by atoms with E-state index in [9.17, 15) is 24.3 Å². The van der Waals surface area contributed by atoms with E-state index < -0.39 is 23.8 Å². The van der Waals surface area contributed by atoms with E-state index >= 15 is 0 Å². The third-order valence-corrected chi connectivity index (χ3v) is 6.35. The second-order valence-corrected chi connectivity index (χ2v) is 9.32. The molecule has 0 saturated carbocycles. The van der Waals surface area contributed by atoms with Crippen LogP contribution >= 0.6 is 11.8 Å². The lowest BCUT2D eigenvalue weighted by molar-refractivity contribution is -0.120. The number of imide groups is 1. The number of aromatic nitrogens is 2. The molecule has 11 heteroatoms. The van der Waals surface area contributed by atoms with Gasteiger partial charge in [0.05, 0.1) is 23.4 Å². The van der Waals surface area contributed by atoms with Gasteiger partial charge in [-0.3, -0.25) is 9.59 Å². The normalized spacial score (nSPS) is 13.2. The fourth-order valence-corrected chi connectivity index (χ4v) is 4.70. The van der Waals surface area contributed by atoms with E-state index in [1.165, 1.54) is 36.4 Å². The molecule has 2 amide bonds. The van der Waals surface area contributed by atoms with Crippen molar-refractivity contribution in [2.24, 2.45) is 0 Å². The minimum Gasteiger partial charge on any atom is -0.478 e. The average Bonchev–Trinajstić information content (AvgIpc) is 3.10. The largest absolute Gasteiger partial charge is 0.478 e. The summed E-state index contributed by atoms with van der Waals surface area (Å²) in [5, 5.41) is 12.4. The number of hydrogen-bond donors (Lipinski definition) is 2. The zero-order valence-electron chi connectivity index (χ0n) is 20.8. The molecule has 38 heavy (non-hydrogen) atoms. The fraction of sp³-hybridized carbons (Fsp3) is 0.185. The van der Waals surface area contributed by atoms with E-state index in [4.69, 9.17) is 4.74 Å². The quantitative estimate of drug-likeness (QED) is 0.232. The number of ether oxygens (including phenoxy) is 1. The van der Waals surface area contributed by atoms with Crippen molar-refractivity contribution in [1.82, 2.24) is 9.97 Å². The number of benzene rings is 2. The summed E-state index contributed by atoms with van der Waals surface area (Å²) in [4.78, 5) is 61.1. The maximum Gasteiger partial charge on any atom is 0.340 e. The number of aryl methyl sites for hydroxylation is 2. The molecule has 3 aromatic rings. The first-order valence-electron chi connectivity index (χ1n) is 11.7. The summed E-state index contributed by atoms with van der Waals surface area (Å²) in [6.07, 6.45) is 0.614. The Labute approximate surface area is 222 Å². The molecule has 194 valence electrons. The van der Waals surface area contributed by atoms with Crippen LogP contribution in [0.3, 0.4) is 0 Å². The van der Waals surface area contributed by atoms with Gasteiger partial charge in [0.1, 0.15) is 10.6 Å². The third kappa shape index (κ3) is 5.57. The molecular weight excluding hydrogens is 508 g/mol. The van der Waals surface area contributed by atoms with E-state index in [1.807, 2.05) is 6.92 Å². The van der Waals surface area contributed by atoms with Crippen molar-refractivity contribution >= 4 is 46.9 Å². The van der Waals surface area contributed by atoms with Crippen LogP contribution in [0, 0.1) is 13.8 Å². The van der Waals surface area contributed by atoms with Gasteiger partial charge in [0.2, 0.25) is 0 Å². The Morgan fingerprint density at radius 2 is 1.66 bits per heavy atom. The number of carboxylic acids is 1. The highest BCUT2D eigenvalue weighted by Crippen LogP contribution is 2.38. The van der Waals surface area contributed by atoms with Gasteiger partial charge in [-0.05, 0) is 74.5 Å². The number of rotatable bonds is 9. The summed E-state index contributed by atoms with van der Waals surface area (Å²) >= 11 is 0.926. The molecule has 0 unspecified atom stereocenters. The zero-order valence-corrected chi connectivity index (χ0v) is 21.7. The molecule has 0 spiro atoms. The molecule has 2 aromatic carbocycles. The minimum absolute atomic E-state index is 0.0269. The summed E-state index contributed by atoms with van der Waals surface area (Å²) in [5.74, 6) is -3.10. The van der Waals surface area contributed by atoms with Crippen LogP contribution in [-0.4, -0.2) is 45.4 Å². The Morgan fingerprint density at radius 3 is 2.29 bits per heavy atom. The Bertz CT molecular complexity index is 1450. The summed E-state index contributed by atoms with van der Waals surface area (Å²) in [7, 11) is 0. The number of amides is 2. The standard InChI is InChI=1S/C27H24N4O6S/c1-4-13-37-26(36)19-7-5-6-8-20(19)31-23(32)21(30-18-11-9-17(10-12-18)25(34)35)22(24(31)33)38-27-28-15(2)14-16(3)29-27/h5-12,14,30H,4,13H2,1-3H3,(H,34,35). The number of carboxylic acid groups (broad SMARTS) is 1. The van der Waals surface area contributed by atoms with Crippen molar-refractivity contribution in [2.45, 2.75) is 32.3 Å². The van der Waals surface area contributed by atoms with Gasteiger partial charge in [-0.25, -0.2) is 24.5 Å². The minimum atomic E-state index is -1.09. The van der Waals surface area contributed by atoms with Crippen molar-refractivity contribution in [2.75, 3.05) is 16.8 Å². The molecule has 0 saturated heterocycles. The van der Waals surface area contributed by atoms with Crippen LogP contribution in [0.25, 0.3) is 0 Å². The molecule has 4 rings (SSSR count). The molecule has 2 heterocycles. The maximum absolute atomic E-state index is 13.7. The van der Waals surface area contributed by atoms with E-state index in [-0.39, 0.29) is 39.2 Å². The van der Waals surface area contributed by atoms with Gasteiger partial charge >= 0.3 is 11.9 Å². The van der Waals surface area contributed by atoms with Gasteiger partial charge in [-0.15, -0.1) is 0 Å². The third-order valence-electron chi connectivity index (χ3n) is 5.40. The number of hydrogen-bond acceptors (Lipinski definition) is 9. The highest BCUT2D eigenvalue weighted by atomic mass is 32.2. The summed E-state index contributed by atoms with van der Waals surface area (Å²) < 4.78 is 5.26. The number of aromatic carboxylic acids is 1. The summed E-state index contributed by atoms with van der Waals surface area (Å²) in [6, 6.07) is 13.7. The molecule has 1 aliphatic rings. The Morgan fingerprint density at radius 1 is 1.00 bits per heavy atom. The van der Waals surface area contributed by atoms with Crippen LogP contribution in [0.5, 0.6) is 0 Å². The molecule has 2 N–H and O–H groups in total. The van der Waals surface area contributed by atoms with Gasteiger partial charge in [-0.1, -0.05) is 19.1 Å². The molecule has 0 aliphatic carbocycles. The number of nitrogens with zero attached hydrogens (tertiary/aromatic N) is 3. The lowest BCUT2D eigenvalue weighted by Crippen LogP contribution is -2.33. The molecule has 0 atom stereocenters. The average molecular weight is 533 g/mol. The van der Waals surface area contributed by atoms with Crippen molar-refractivity contribution in [1.29, 1.82) is 0 Å². The second-order valence-electron chi connectivity index (χ2n) is 8.35. The van der Waals surface area contributed by atoms with Crippen molar-refractivity contribution in [3.05, 3.63) is 87.7 Å². The van der Waals surface area contributed by atoms with Gasteiger partial charge in [0, 0.05) is 17.1 Å². The maximum atomic E-state index is 13.7. The van der Waals surface area contributed by atoms with Gasteiger partial charge in [-0.2, -0.15) is 0 Å². The Balaban J connectivity index is 1.76. The molecule has 10 nitrogen and oxygen atoms in total. The van der Waals surface area contributed by atoms with Crippen molar-refractivity contribution in [3.63, 3.8) is 0 Å². The van der Waals surface area contributed by atoms with Crippen LogP contribution < -0.4 is 10.2 Å². The van der Waals surface area contributed by atoms with E-state index in [0.717, 1.165) is 16.7 Å². The predicted octanol–water partition coefficient (Wildman–Crippen LogP) is 4.35. The van der Waals surface area contributed by atoms with Crippen molar-refractivity contribution in [3.8, 4) is 0 Å². The molecule has 1 aliphatic heterocycles. The summed E-state index contributed by atoms with van der Waals surface area (Å²) in [5.41, 5.74) is 1.94. The molecule has 0 fully saturated rings. The number of anilines is 2. The Hall–Kier alpha value is -4.51. The smallest absolute Gasteiger partial charge is 0.340 e. The molecular formula is C27H24N4O6S. The Kier molecular flexibility index (Phi) is 7.87. The van der Waals surface area contributed by atoms with Crippen LogP contribution in [0.2, 0.25) is 0 Å². The van der Waals surface area contributed by atoms with Crippen molar-refractivity contribution < 1.29 is 29.0 Å². The number of carbonyl (C=O) groups is 4. The fourth-order valence-electron chi connectivity index (χ4n) is 3.72. The highest BCUT2D eigenvalue weighted by molar-refractivity contribution is 8.04. The zero-order chi connectivity index (χ0) is 27.4. The monoisotopic (exact) mass is 532 g/mol. The number of carbonyl (C=O) groups excluding carboxylic acids is 3. The number of nitrogens with one attached hydrogen (secondary N) is 1. The predicted molar refractivity (Wildman–Crippen MR) is 141 cm³/mol. The van der Waals surface area contributed by atoms with Gasteiger partial charge in [0.15, 0.2) is 5.16 Å². The number of esters is 1. The summed E-state index contributed by atoms with van der Waals surface area (Å²) in [6.45, 7) is 5.64. The number of para-hydroxylation sites is 1. The van der Waals surface area contributed by atoms with Crippen LogP contribution in [0.1, 0.15) is 45.4 Å². The topological polar surface area (TPSA) is 139 Å². The molecule has 0 radical (unpaired) electrons. The molecule has 0 bridgehead atoms. The van der Waals surface area contributed by atoms with Crippen LogP contribution in [0.15, 0.2) is 70.4 Å². The lowest BCUT2D eigenvalue weighted by atomic mass is 10.1. The van der Waals surface area contributed by atoms with E-state index in [1.54, 1.807) is 32.0 Å². The first-order chi connectivity index (χ1) is 18.2. The second kappa shape index (κ2) is 11.3. The van der Waals surface area contributed by atoms with Gasteiger partial charge in [0.25, 0.3) is 11.8 Å². The van der Waals surface area contributed by atoms with E-state index in [0.29, 0.717) is 23.5 Å². The number of thioether (sulfide) groups is 1. The lowest BCUT2D eigenvalue weighted by Gasteiger charge is -2.18. The first kappa shape index (κ1) is 26.6. The first-order valence-corrected chi connectivity index (χ1v) is 12.5. The SMILES string of the molecule is CCCOC(=O)c1ccccc1N1C(=O)C(Nc2ccc(C(=O)O)cc2)=C(Sc2nc(C)cc(C)n2)C1=O. The van der Waals surface area contributed by atoms with Crippen LogP contribution in [-0.2, 0) is 14.3 Å². The van der Waals surface area contributed by atoms with Crippen LogP contribution in [0.4, 0.5) is 11.4 Å².